The number of aliphatic carboxylic acids is 1. The van der Waals surface area contributed by atoms with Crippen molar-refractivity contribution in [3.63, 3.8) is 0 Å². The van der Waals surface area contributed by atoms with Crippen molar-refractivity contribution in [2.75, 3.05) is 40.9 Å². The Morgan fingerprint density at radius 1 is 1.43 bits per heavy atom. The number of likely N-dealkylation sites (N-methyl/N-ethyl adjacent to an activating group) is 1. The summed E-state index contributed by atoms with van der Waals surface area (Å²) < 4.78 is 5.87. The molecule has 0 radical (unpaired) electrons. The Kier molecular flexibility index (Phi) is 5.68. The fourth-order valence-corrected chi connectivity index (χ4v) is 1.20. The van der Waals surface area contributed by atoms with Gasteiger partial charge in [-0.1, -0.05) is 0 Å². The first kappa shape index (κ1) is 13.4. The van der Waals surface area contributed by atoms with Crippen molar-refractivity contribution in [2.24, 2.45) is 0 Å². The predicted octanol–water partition coefficient (Wildman–Crippen LogP) is -0.455. The van der Waals surface area contributed by atoms with E-state index in [1.54, 1.807) is 0 Å². The number of ether oxygens (including phenoxy) is 1. The lowest BCUT2D eigenvalue weighted by Gasteiger charge is -2.28. The topological polar surface area (TPSA) is 66.8 Å². The minimum Gasteiger partial charge on any atom is -0.481 e. The van der Waals surface area contributed by atoms with Crippen LogP contribution in [-0.2, 0) is 9.53 Å². The Labute approximate surface area is 84.5 Å². The zero-order valence-corrected chi connectivity index (χ0v) is 9.06. The highest BCUT2D eigenvalue weighted by Crippen LogP contribution is 2.04. The molecule has 0 aliphatic rings. The van der Waals surface area contributed by atoms with Gasteiger partial charge in [-0.05, 0) is 0 Å². The number of aliphatic hydroxyl groups is 1. The molecule has 0 aliphatic heterocycles. The molecule has 5 heteroatoms. The number of hydrogen-bond acceptors (Lipinski definition) is 3. The van der Waals surface area contributed by atoms with Crippen molar-refractivity contribution in [2.45, 2.75) is 12.5 Å². The van der Waals surface area contributed by atoms with Gasteiger partial charge in [0.2, 0.25) is 0 Å². The molecule has 0 aromatic rings. The van der Waals surface area contributed by atoms with E-state index < -0.39 is 5.97 Å². The van der Waals surface area contributed by atoms with Crippen LogP contribution in [0.3, 0.4) is 0 Å². The van der Waals surface area contributed by atoms with Gasteiger partial charge in [0, 0.05) is 0 Å². The monoisotopic (exact) mass is 206 g/mol. The largest absolute Gasteiger partial charge is 0.481 e. The Bertz CT molecular complexity index is 176. The van der Waals surface area contributed by atoms with E-state index in [0.717, 1.165) is 0 Å². The maximum Gasteiger partial charge on any atom is 0.306 e. The van der Waals surface area contributed by atoms with Crippen LogP contribution in [0.4, 0.5) is 0 Å². The molecule has 0 spiro atoms. The number of hydrogen-bond donors (Lipinski definition) is 2. The van der Waals surface area contributed by atoms with Gasteiger partial charge >= 0.3 is 5.97 Å². The maximum atomic E-state index is 10.5. The summed E-state index contributed by atoms with van der Waals surface area (Å²) in [4.78, 5) is 10.5. The summed E-state index contributed by atoms with van der Waals surface area (Å²) in [5, 5.41) is 17.2. The Morgan fingerprint density at radius 2 is 2.00 bits per heavy atom. The number of aliphatic hydroxyl groups excluding tert-OH is 1. The van der Waals surface area contributed by atoms with E-state index in [9.17, 15) is 4.79 Å². The molecule has 1 atom stereocenters. The number of carbonyl (C=O) groups is 1. The summed E-state index contributed by atoms with van der Waals surface area (Å²) in [7, 11) is 5.91. The summed E-state index contributed by atoms with van der Waals surface area (Å²) in [5.74, 6) is -0.874. The van der Waals surface area contributed by atoms with E-state index in [1.807, 2.05) is 21.1 Å². The van der Waals surface area contributed by atoms with Crippen LogP contribution in [-0.4, -0.2) is 67.7 Å². The summed E-state index contributed by atoms with van der Waals surface area (Å²) in [6.45, 7) is 0.734. The highest BCUT2D eigenvalue weighted by molar-refractivity contribution is 5.67. The number of quaternary nitrogens is 1. The molecule has 5 nitrogen and oxygen atoms in total. The van der Waals surface area contributed by atoms with Gasteiger partial charge in [-0.3, -0.25) is 4.79 Å². The van der Waals surface area contributed by atoms with E-state index in [-0.39, 0.29) is 25.7 Å². The van der Waals surface area contributed by atoms with E-state index in [2.05, 4.69) is 0 Å². The predicted molar refractivity (Wildman–Crippen MR) is 52.0 cm³/mol. The lowest BCUT2D eigenvalue weighted by Crippen LogP contribution is -2.43. The average Bonchev–Trinajstić information content (AvgIpc) is 1.96. The fourth-order valence-electron chi connectivity index (χ4n) is 1.20. The van der Waals surface area contributed by atoms with E-state index in [4.69, 9.17) is 14.9 Å². The molecule has 0 aromatic carbocycles. The average molecular weight is 206 g/mol. The molecule has 0 bridgehead atoms. The summed E-state index contributed by atoms with van der Waals surface area (Å²) in [6, 6.07) is 0. The normalized spacial score (nSPS) is 14.0. The van der Waals surface area contributed by atoms with Gasteiger partial charge in [0.15, 0.2) is 0 Å². The van der Waals surface area contributed by atoms with Gasteiger partial charge in [-0.2, -0.15) is 0 Å². The lowest BCUT2D eigenvalue weighted by molar-refractivity contribution is -0.873. The van der Waals surface area contributed by atoms with Crippen LogP contribution < -0.4 is 0 Å². The van der Waals surface area contributed by atoms with E-state index in [1.165, 1.54) is 0 Å². The first-order chi connectivity index (χ1) is 6.35. The van der Waals surface area contributed by atoms with Gasteiger partial charge in [-0.15, -0.1) is 0 Å². The summed E-state index contributed by atoms with van der Waals surface area (Å²) in [5.41, 5.74) is 0. The third-order valence-corrected chi connectivity index (χ3v) is 1.60. The van der Waals surface area contributed by atoms with Crippen molar-refractivity contribution in [3.05, 3.63) is 0 Å². The zero-order chi connectivity index (χ0) is 11.2. The van der Waals surface area contributed by atoms with Gasteiger partial charge < -0.3 is 19.4 Å². The quantitative estimate of drug-likeness (QED) is 0.553. The third kappa shape index (κ3) is 7.97. The van der Waals surface area contributed by atoms with Crippen molar-refractivity contribution < 1.29 is 24.2 Å². The number of carboxylic acid groups (broad SMARTS) is 1. The lowest BCUT2D eigenvalue weighted by atomic mass is 10.2. The molecule has 0 aromatic heterocycles. The molecule has 14 heavy (non-hydrogen) atoms. The second-order valence-electron chi connectivity index (χ2n) is 4.29. The standard InChI is InChI=1S/C9H19NO4/c1-10(2,3)7-8(6-9(12)13)14-5-4-11/h8,11H,4-7H2,1-3H3/p+1. The van der Waals surface area contributed by atoms with Crippen molar-refractivity contribution >= 4 is 5.97 Å². The van der Waals surface area contributed by atoms with Crippen LogP contribution in [0.1, 0.15) is 6.42 Å². The molecule has 0 amide bonds. The summed E-state index contributed by atoms with van der Waals surface area (Å²) >= 11 is 0. The molecular weight excluding hydrogens is 186 g/mol. The molecule has 0 saturated heterocycles. The first-order valence-corrected chi connectivity index (χ1v) is 4.60. The van der Waals surface area contributed by atoms with Gasteiger partial charge in [0.1, 0.15) is 12.6 Å². The van der Waals surface area contributed by atoms with Crippen LogP contribution in [0.25, 0.3) is 0 Å². The molecule has 0 heterocycles. The Morgan fingerprint density at radius 3 is 2.36 bits per heavy atom. The minimum atomic E-state index is -0.874. The molecule has 0 rings (SSSR count). The second-order valence-corrected chi connectivity index (χ2v) is 4.29. The molecular formula is C9H20NO4+. The van der Waals surface area contributed by atoms with Crippen LogP contribution in [0.5, 0.6) is 0 Å². The molecule has 0 fully saturated rings. The van der Waals surface area contributed by atoms with Crippen molar-refractivity contribution in [3.8, 4) is 0 Å². The second kappa shape index (κ2) is 5.95. The van der Waals surface area contributed by atoms with E-state index >= 15 is 0 Å². The maximum absolute atomic E-state index is 10.5. The summed E-state index contributed by atoms with van der Waals surface area (Å²) in [6.07, 6.45) is -0.352. The number of rotatable bonds is 7. The highest BCUT2D eigenvalue weighted by Gasteiger charge is 2.21. The molecule has 84 valence electrons. The highest BCUT2D eigenvalue weighted by atomic mass is 16.5. The Balaban J connectivity index is 4.03. The SMILES string of the molecule is C[N+](C)(C)CC(CC(=O)O)OCCO. The van der Waals surface area contributed by atoms with Crippen LogP contribution >= 0.6 is 0 Å². The van der Waals surface area contributed by atoms with Crippen LogP contribution in [0.2, 0.25) is 0 Å². The number of nitrogens with zero attached hydrogens (tertiary/aromatic N) is 1. The molecule has 0 saturated carbocycles. The number of carboxylic acids is 1. The first-order valence-electron chi connectivity index (χ1n) is 4.60. The smallest absolute Gasteiger partial charge is 0.306 e. The van der Waals surface area contributed by atoms with Gasteiger partial charge in [0.25, 0.3) is 0 Å². The van der Waals surface area contributed by atoms with Gasteiger partial charge in [0.05, 0.1) is 40.8 Å². The van der Waals surface area contributed by atoms with Crippen molar-refractivity contribution in [1.29, 1.82) is 0 Å². The molecule has 0 aliphatic carbocycles. The van der Waals surface area contributed by atoms with E-state index in [0.29, 0.717) is 11.0 Å². The molecule has 1 unspecified atom stereocenters. The fraction of sp³-hybridized carbons (Fsp3) is 0.889. The van der Waals surface area contributed by atoms with Crippen molar-refractivity contribution in [1.82, 2.24) is 0 Å². The van der Waals surface area contributed by atoms with Gasteiger partial charge in [-0.25, -0.2) is 0 Å². The Hall–Kier alpha value is -0.650. The zero-order valence-electron chi connectivity index (χ0n) is 9.06. The van der Waals surface area contributed by atoms with Crippen LogP contribution in [0, 0.1) is 0 Å². The van der Waals surface area contributed by atoms with Crippen LogP contribution in [0.15, 0.2) is 0 Å². The third-order valence-electron chi connectivity index (χ3n) is 1.60. The molecule has 2 N–H and O–H groups in total. The minimum absolute atomic E-state index is 0.0183.